The average molecular weight is 444 g/mol. The van der Waals surface area contributed by atoms with Gasteiger partial charge in [0.25, 0.3) is 0 Å². The number of anilines is 1. The van der Waals surface area contributed by atoms with Crippen LogP contribution < -0.4 is 10.1 Å². The van der Waals surface area contributed by atoms with Gasteiger partial charge in [-0.25, -0.2) is 4.79 Å². The molecule has 0 saturated heterocycles. The van der Waals surface area contributed by atoms with Gasteiger partial charge in [-0.15, -0.1) is 11.3 Å². The van der Waals surface area contributed by atoms with Gasteiger partial charge in [-0.3, -0.25) is 4.79 Å². The number of amides is 1. The second kappa shape index (κ2) is 9.86. The largest absolute Gasteiger partial charge is 0.494 e. The molecule has 0 radical (unpaired) electrons. The third kappa shape index (κ3) is 5.67. The Morgan fingerprint density at radius 1 is 1.13 bits per heavy atom. The Kier molecular flexibility index (Phi) is 7.42. The minimum Gasteiger partial charge on any atom is -0.494 e. The summed E-state index contributed by atoms with van der Waals surface area (Å²) in [7, 11) is 0. The van der Waals surface area contributed by atoms with Crippen LogP contribution in [0, 0.1) is 11.3 Å². The summed E-state index contributed by atoms with van der Waals surface area (Å²) in [6.07, 6.45) is 3.06. The number of nitrogens with one attached hydrogen (secondary N) is 1. The molecule has 0 fully saturated rings. The zero-order valence-electron chi connectivity index (χ0n) is 19.2. The highest BCUT2D eigenvalue weighted by atomic mass is 32.1. The van der Waals surface area contributed by atoms with Crippen molar-refractivity contribution in [2.24, 2.45) is 11.3 Å². The van der Waals surface area contributed by atoms with Gasteiger partial charge in [0.2, 0.25) is 5.91 Å². The number of thiophene rings is 1. The van der Waals surface area contributed by atoms with Gasteiger partial charge in [-0.05, 0) is 67.7 Å². The highest BCUT2D eigenvalue weighted by molar-refractivity contribution is 7.17. The maximum absolute atomic E-state index is 12.8. The van der Waals surface area contributed by atoms with E-state index in [9.17, 15) is 9.59 Å². The summed E-state index contributed by atoms with van der Waals surface area (Å²) >= 11 is 1.53. The van der Waals surface area contributed by atoms with E-state index >= 15 is 0 Å². The van der Waals surface area contributed by atoms with E-state index in [0.29, 0.717) is 29.7 Å². The quantitative estimate of drug-likeness (QED) is 0.561. The van der Waals surface area contributed by atoms with Crippen LogP contribution in [0.5, 0.6) is 5.75 Å². The molecular weight excluding hydrogens is 410 g/mol. The lowest BCUT2D eigenvalue weighted by molar-refractivity contribution is -0.115. The molecule has 1 amide bonds. The minimum absolute atomic E-state index is 0.138. The molecule has 0 spiro atoms. The third-order valence-electron chi connectivity index (χ3n) is 5.82. The van der Waals surface area contributed by atoms with Gasteiger partial charge in [0.05, 0.1) is 25.2 Å². The van der Waals surface area contributed by atoms with Crippen molar-refractivity contribution >= 4 is 28.2 Å². The molecule has 1 atom stereocenters. The summed E-state index contributed by atoms with van der Waals surface area (Å²) in [6, 6.07) is 7.52. The molecule has 0 aliphatic heterocycles. The molecule has 1 aromatic carbocycles. The molecule has 1 N–H and O–H groups in total. The van der Waals surface area contributed by atoms with Crippen LogP contribution in [-0.4, -0.2) is 25.1 Å². The van der Waals surface area contributed by atoms with Crippen LogP contribution >= 0.6 is 11.3 Å². The lowest BCUT2D eigenvalue weighted by Gasteiger charge is -2.33. The van der Waals surface area contributed by atoms with Gasteiger partial charge in [0, 0.05) is 4.88 Å². The van der Waals surface area contributed by atoms with E-state index in [-0.39, 0.29) is 23.7 Å². The summed E-state index contributed by atoms with van der Waals surface area (Å²) in [5, 5.41) is 3.62. The minimum atomic E-state index is -0.342. The Bertz CT molecular complexity index is 924. The Labute approximate surface area is 189 Å². The first-order chi connectivity index (χ1) is 14.7. The van der Waals surface area contributed by atoms with Gasteiger partial charge >= 0.3 is 5.97 Å². The van der Waals surface area contributed by atoms with Gasteiger partial charge in [-0.1, -0.05) is 32.9 Å². The smallest absolute Gasteiger partial charge is 0.341 e. The van der Waals surface area contributed by atoms with E-state index in [1.54, 1.807) is 6.92 Å². The monoisotopic (exact) mass is 443 g/mol. The van der Waals surface area contributed by atoms with Crippen molar-refractivity contribution in [2.75, 3.05) is 18.5 Å². The zero-order valence-corrected chi connectivity index (χ0v) is 20.0. The second-order valence-corrected chi connectivity index (χ2v) is 10.1. The van der Waals surface area contributed by atoms with Crippen LogP contribution in [0.15, 0.2) is 24.3 Å². The molecule has 6 heteroatoms. The van der Waals surface area contributed by atoms with Crippen LogP contribution in [0.1, 0.15) is 67.4 Å². The van der Waals surface area contributed by atoms with E-state index in [0.717, 1.165) is 36.1 Å². The molecule has 5 nitrogen and oxygen atoms in total. The fourth-order valence-corrected chi connectivity index (χ4v) is 5.39. The molecule has 1 unspecified atom stereocenters. The molecule has 1 aliphatic carbocycles. The normalized spacial score (nSPS) is 15.8. The summed E-state index contributed by atoms with van der Waals surface area (Å²) in [5.74, 6) is 0.864. The van der Waals surface area contributed by atoms with Gasteiger partial charge in [-0.2, -0.15) is 0 Å². The van der Waals surface area contributed by atoms with E-state index in [2.05, 4.69) is 26.1 Å². The third-order valence-corrected chi connectivity index (χ3v) is 6.99. The molecular formula is C25H33NO4S. The van der Waals surface area contributed by atoms with Crippen molar-refractivity contribution in [3.63, 3.8) is 0 Å². The fourth-order valence-electron chi connectivity index (χ4n) is 4.06. The number of hydrogen-bond donors (Lipinski definition) is 1. The number of hydrogen-bond acceptors (Lipinski definition) is 5. The highest BCUT2D eigenvalue weighted by Crippen LogP contribution is 2.44. The molecule has 1 aromatic heterocycles. The predicted molar refractivity (Wildman–Crippen MR) is 125 cm³/mol. The first kappa shape index (κ1) is 23.3. The van der Waals surface area contributed by atoms with E-state index < -0.39 is 0 Å². The second-order valence-electron chi connectivity index (χ2n) is 9.04. The van der Waals surface area contributed by atoms with Crippen molar-refractivity contribution in [1.82, 2.24) is 0 Å². The molecule has 1 heterocycles. The maximum atomic E-state index is 12.8. The Balaban J connectivity index is 1.80. The number of carbonyl (C=O) groups is 2. The molecule has 3 rings (SSSR count). The predicted octanol–water partition coefficient (Wildman–Crippen LogP) is 5.66. The molecule has 0 saturated carbocycles. The number of ether oxygens (including phenoxy) is 2. The summed E-state index contributed by atoms with van der Waals surface area (Å²) in [4.78, 5) is 26.7. The summed E-state index contributed by atoms with van der Waals surface area (Å²) < 4.78 is 10.8. The van der Waals surface area contributed by atoms with Crippen LogP contribution in [0.2, 0.25) is 0 Å². The van der Waals surface area contributed by atoms with E-state index in [4.69, 9.17) is 9.47 Å². The standard InChI is InChI=1S/C25H33NO4S/c1-6-29-18-11-8-16(9-12-18)14-21(27)26-23-22(24(28)30-7-2)19-13-10-17(25(3,4)5)15-20(19)31-23/h8-9,11-12,17H,6-7,10,13-15H2,1-5H3,(H,26,27). The van der Waals surface area contributed by atoms with E-state index in [1.807, 2.05) is 31.2 Å². The summed E-state index contributed by atoms with van der Waals surface area (Å²) in [5.41, 5.74) is 2.71. The Morgan fingerprint density at radius 3 is 2.45 bits per heavy atom. The Morgan fingerprint density at radius 2 is 1.84 bits per heavy atom. The first-order valence-electron chi connectivity index (χ1n) is 11.1. The van der Waals surface area contributed by atoms with E-state index in [1.165, 1.54) is 16.2 Å². The maximum Gasteiger partial charge on any atom is 0.341 e. The molecule has 0 bridgehead atoms. The zero-order chi connectivity index (χ0) is 22.6. The molecule has 31 heavy (non-hydrogen) atoms. The summed E-state index contributed by atoms with van der Waals surface area (Å²) in [6.45, 7) is 11.5. The number of rotatable bonds is 7. The molecule has 168 valence electrons. The van der Waals surface area contributed by atoms with Crippen molar-refractivity contribution in [3.8, 4) is 5.75 Å². The van der Waals surface area contributed by atoms with Crippen molar-refractivity contribution in [3.05, 3.63) is 45.8 Å². The topological polar surface area (TPSA) is 64.6 Å². The van der Waals surface area contributed by atoms with Gasteiger partial charge in [0.15, 0.2) is 0 Å². The average Bonchev–Trinajstić information content (AvgIpc) is 3.06. The van der Waals surface area contributed by atoms with Crippen LogP contribution in [0.4, 0.5) is 5.00 Å². The van der Waals surface area contributed by atoms with Gasteiger partial charge in [0.1, 0.15) is 10.8 Å². The lowest BCUT2D eigenvalue weighted by atomic mass is 9.72. The fraction of sp³-hybridized carbons (Fsp3) is 0.520. The molecule has 2 aromatic rings. The van der Waals surface area contributed by atoms with Crippen LogP contribution in [-0.2, 0) is 28.8 Å². The van der Waals surface area contributed by atoms with Crippen LogP contribution in [0.3, 0.4) is 0 Å². The number of carbonyl (C=O) groups excluding carboxylic acids is 2. The number of esters is 1. The van der Waals surface area contributed by atoms with Crippen LogP contribution in [0.25, 0.3) is 0 Å². The first-order valence-corrected chi connectivity index (χ1v) is 11.9. The lowest BCUT2D eigenvalue weighted by Crippen LogP contribution is -2.26. The number of benzene rings is 1. The highest BCUT2D eigenvalue weighted by Gasteiger charge is 2.34. The SMILES string of the molecule is CCOC(=O)c1c(NC(=O)Cc2ccc(OCC)cc2)sc2c1CCC(C(C)(C)C)C2. The molecule has 1 aliphatic rings. The van der Waals surface area contributed by atoms with Crippen molar-refractivity contribution in [2.45, 2.75) is 60.3 Å². The number of fused-ring (bicyclic) bond motifs is 1. The van der Waals surface area contributed by atoms with Crippen molar-refractivity contribution < 1.29 is 19.1 Å². The Hall–Kier alpha value is -2.34. The van der Waals surface area contributed by atoms with Gasteiger partial charge < -0.3 is 14.8 Å². The van der Waals surface area contributed by atoms with Crippen molar-refractivity contribution in [1.29, 1.82) is 0 Å².